The lowest BCUT2D eigenvalue weighted by Crippen LogP contribution is -2.13. The summed E-state index contributed by atoms with van der Waals surface area (Å²) < 4.78 is 1.24. The number of aromatic nitrogens is 2. The molecule has 0 saturated carbocycles. The molecule has 0 spiro atoms. The zero-order valence-corrected chi connectivity index (χ0v) is 10.4. The Morgan fingerprint density at radius 2 is 2.50 bits per heavy atom. The lowest BCUT2D eigenvalue weighted by atomic mass is 10.2. The summed E-state index contributed by atoms with van der Waals surface area (Å²) in [6, 6.07) is 2.13. The van der Waals surface area contributed by atoms with E-state index in [1.807, 2.05) is 6.20 Å². The summed E-state index contributed by atoms with van der Waals surface area (Å²) in [5, 5.41) is 2.07. The molecule has 74 valence electrons. The topological polar surface area (TPSA) is 54.7 Å². The molecule has 2 aromatic rings. The summed E-state index contributed by atoms with van der Waals surface area (Å²) in [4.78, 5) is 8.46. The largest absolute Gasteiger partial charge is 0.349 e. The number of thiophene rings is 1. The van der Waals surface area contributed by atoms with Gasteiger partial charge in [-0.25, -0.2) is 4.98 Å². The van der Waals surface area contributed by atoms with Crippen LogP contribution in [0.2, 0.25) is 0 Å². The van der Waals surface area contributed by atoms with Crippen molar-refractivity contribution in [1.29, 1.82) is 0 Å². The van der Waals surface area contributed by atoms with Gasteiger partial charge < -0.3 is 10.7 Å². The second kappa shape index (κ2) is 4.41. The molecule has 2 rings (SSSR count). The van der Waals surface area contributed by atoms with Crippen molar-refractivity contribution >= 4 is 33.9 Å². The molecule has 2 heterocycles. The van der Waals surface area contributed by atoms with Crippen molar-refractivity contribution in [3.05, 3.63) is 38.1 Å². The Hall–Kier alpha value is -0.400. The van der Waals surface area contributed by atoms with Gasteiger partial charge in [0.2, 0.25) is 0 Å². The van der Waals surface area contributed by atoms with Crippen LogP contribution in [-0.4, -0.2) is 9.97 Å². The van der Waals surface area contributed by atoms with E-state index < -0.39 is 0 Å². The van der Waals surface area contributed by atoms with Gasteiger partial charge in [0.1, 0.15) is 5.82 Å². The Morgan fingerprint density at radius 1 is 1.64 bits per heavy atom. The summed E-state index contributed by atoms with van der Waals surface area (Å²) in [7, 11) is 0. The third-order valence-electron chi connectivity index (χ3n) is 1.95. The molecule has 0 aromatic carbocycles. The Labute approximate surface area is 99.9 Å². The van der Waals surface area contributed by atoms with Crippen LogP contribution < -0.4 is 5.73 Å². The van der Waals surface area contributed by atoms with Crippen molar-refractivity contribution in [1.82, 2.24) is 9.97 Å². The first-order valence-corrected chi connectivity index (χ1v) is 6.20. The van der Waals surface area contributed by atoms with Crippen LogP contribution in [0.5, 0.6) is 0 Å². The van der Waals surface area contributed by atoms with Crippen molar-refractivity contribution in [2.75, 3.05) is 0 Å². The summed E-state index contributed by atoms with van der Waals surface area (Å²) in [5.41, 5.74) is 6.08. The third kappa shape index (κ3) is 2.15. The summed E-state index contributed by atoms with van der Waals surface area (Å²) in [5.74, 6) is 0.946. The van der Waals surface area contributed by atoms with Gasteiger partial charge in [0.15, 0.2) is 0 Å². The molecular weight excluding hydrogens is 309 g/mol. The number of halogens is 1. The molecule has 3 N–H and O–H groups in total. The summed E-state index contributed by atoms with van der Waals surface area (Å²) in [6.07, 6.45) is 4.34. The Bertz CT molecular complexity index is 396. The van der Waals surface area contributed by atoms with Crippen LogP contribution in [0.1, 0.15) is 16.7 Å². The molecule has 0 amide bonds. The highest BCUT2D eigenvalue weighted by Gasteiger charge is 2.12. The van der Waals surface area contributed by atoms with Gasteiger partial charge >= 0.3 is 0 Å². The Kier molecular flexibility index (Phi) is 3.19. The minimum absolute atomic E-state index is 0.0491. The van der Waals surface area contributed by atoms with Gasteiger partial charge in [-0.05, 0) is 34.0 Å². The minimum atomic E-state index is 0.0491. The molecule has 0 radical (unpaired) electrons. The van der Waals surface area contributed by atoms with Crippen LogP contribution in [0.15, 0.2) is 23.8 Å². The molecule has 14 heavy (non-hydrogen) atoms. The first-order chi connectivity index (χ1) is 6.77. The van der Waals surface area contributed by atoms with Crippen LogP contribution >= 0.6 is 33.9 Å². The number of nitrogens with two attached hydrogens (primary N) is 1. The molecule has 0 bridgehead atoms. The second-order valence-corrected chi connectivity index (χ2v) is 5.09. The maximum absolute atomic E-state index is 6.08. The zero-order valence-electron chi connectivity index (χ0n) is 7.40. The van der Waals surface area contributed by atoms with E-state index in [9.17, 15) is 0 Å². The molecule has 1 atom stereocenters. The lowest BCUT2D eigenvalue weighted by Gasteiger charge is -2.08. The number of rotatable bonds is 3. The first kappa shape index (κ1) is 10.1. The molecule has 0 aliphatic carbocycles. The average molecular weight is 319 g/mol. The molecule has 2 aromatic heterocycles. The van der Waals surface area contributed by atoms with Crippen LogP contribution in [0.3, 0.4) is 0 Å². The smallest absolute Gasteiger partial charge is 0.107 e. The van der Waals surface area contributed by atoms with Gasteiger partial charge in [-0.2, -0.15) is 0 Å². The van der Waals surface area contributed by atoms with Gasteiger partial charge in [0.05, 0.1) is 0 Å². The van der Waals surface area contributed by atoms with E-state index in [-0.39, 0.29) is 6.04 Å². The quantitative estimate of drug-likeness (QED) is 0.853. The second-order valence-electron chi connectivity index (χ2n) is 2.98. The Morgan fingerprint density at radius 3 is 3.07 bits per heavy atom. The van der Waals surface area contributed by atoms with Gasteiger partial charge in [-0.3, -0.25) is 0 Å². The van der Waals surface area contributed by atoms with Crippen molar-refractivity contribution < 1.29 is 0 Å². The Balaban J connectivity index is 2.10. The summed E-state index contributed by atoms with van der Waals surface area (Å²) >= 11 is 4.02. The van der Waals surface area contributed by atoms with E-state index in [1.54, 1.807) is 17.5 Å². The molecule has 1 unspecified atom stereocenters. The maximum Gasteiger partial charge on any atom is 0.107 e. The average Bonchev–Trinajstić information content (AvgIpc) is 2.75. The molecule has 0 fully saturated rings. The lowest BCUT2D eigenvalue weighted by molar-refractivity contribution is 0.704. The van der Waals surface area contributed by atoms with E-state index in [0.717, 1.165) is 12.2 Å². The predicted molar refractivity (Wildman–Crippen MR) is 66.3 cm³/mol. The highest BCUT2D eigenvalue weighted by molar-refractivity contribution is 14.1. The van der Waals surface area contributed by atoms with E-state index >= 15 is 0 Å². The molecule has 5 heteroatoms. The number of hydrogen-bond acceptors (Lipinski definition) is 3. The van der Waals surface area contributed by atoms with Crippen molar-refractivity contribution in [2.24, 2.45) is 5.73 Å². The number of hydrogen-bond donors (Lipinski definition) is 2. The van der Waals surface area contributed by atoms with Crippen molar-refractivity contribution in [3.8, 4) is 0 Å². The summed E-state index contributed by atoms with van der Waals surface area (Å²) in [6.45, 7) is 0. The molecule has 0 aliphatic rings. The van der Waals surface area contributed by atoms with E-state index in [4.69, 9.17) is 5.73 Å². The SMILES string of the molecule is NC(Cc1ncc[nH]1)c1sccc1I. The zero-order chi connectivity index (χ0) is 9.97. The highest BCUT2D eigenvalue weighted by Crippen LogP contribution is 2.25. The van der Waals surface area contributed by atoms with Gasteiger partial charge in [0.25, 0.3) is 0 Å². The fraction of sp³-hybridized carbons (Fsp3) is 0.222. The van der Waals surface area contributed by atoms with Gasteiger partial charge in [-0.1, -0.05) is 0 Å². The minimum Gasteiger partial charge on any atom is -0.349 e. The van der Waals surface area contributed by atoms with Crippen LogP contribution in [0.4, 0.5) is 0 Å². The third-order valence-corrected chi connectivity index (χ3v) is 4.31. The van der Waals surface area contributed by atoms with Crippen molar-refractivity contribution in [3.63, 3.8) is 0 Å². The first-order valence-electron chi connectivity index (χ1n) is 4.24. The van der Waals surface area contributed by atoms with E-state index in [1.165, 1.54) is 8.45 Å². The molecule has 3 nitrogen and oxygen atoms in total. The van der Waals surface area contributed by atoms with Crippen LogP contribution in [0.25, 0.3) is 0 Å². The van der Waals surface area contributed by atoms with Gasteiger partial charge in [0, 0.05) is 33.3 Å². The normalized spacial score (nSPS) is 13.0. The highest BCUT2D eigenvalue weighted by atomic mass is 127. The van der Waals surface area contributed by atoms with E-state index in [2.05, 4.69) is 44.0 Å². The number of H-pyrrole nitrogens is 1. The molecular formula is C9H10IN3S. The number of aromatic amines is 1. The molecule has 0 aliphatic heterocycles. The number of nitrogens with zero attached hydrogens (tertiary/aromatic N) is 1. The number of imidazole rings is 1. The van der Waals surface area contributed by atoms with Crippen LogP contribution in [-0.2, 0) is 6.42 Å². The van der Waals surface area contributed by atoms with Crippen molar-refractivity contribution in [2.45, 2.75) is 12.5 Å². The standard InChI is InChI=1S/C9H10IN3S/c10-6-1-4-14-9(6)7(11)5-8-12-2-3-13-8/h1-4,7H,5,11H2,(H,12,13). The predicted octanol–water partition coefficient (Wildman–Crippen LogP) is 2.32. The van der Waals surface area contributed by atoms with Gasteiger partial charge in [-0.15, -0.1) is 11.3 Å². The van der Waals surface area contributed by atoms with Crippen LogP contribution in [0, 0.1) is 3.57 Å². The monoisotopic (exact) mass is 319 g/mol. The fourth-order valence-corrected chi connectivity index (χ4v) is 3.28. The number of nitrogens with one attached hydrogen (secondary N) is 1. The maximum atomic E-state index is 6.08. The molecule has 0 saturated heterocycles. The fourth-order valence-electron chi connectivity index (χ4n) is 1.28. The van der Waals surface area contributed by atoms with E-state index in [0.29, 0.717) is 0 Å².